The number of aryl methyl sites for hydroxylation is 1. The van der Waals surface area contributed by atoms with Crippen LogP contribution in [0.5, 0.6) is 0 Å². The fourth-order valence-electron chi connectivity index (χ4n) is 3.34. The summed E-state index contributed by atoms with van der Waals surface area (Å²) in [5.74, 6) is 0.00797. The van der Waals surface area contributed by atoms with Crippen molar-refractivity contribution in [3.63, 3.8) is 0 Å². The fraction of sp³-hybridized carbons (Fsp3) is 0.182. The number of carbonyl (C=O) groups excluding carboxylic acids is 1. The average Bonchev–Trinajstić information content (AvgIpc) is 3.34. The summed E-state index contributed by atoms with van der Waals surface area (Å²) in [6, 6.07) is 17.9. The molecule has 136 valence electrons. The average molecular weight is 358 g/mol. The smallest absolute Gasteiger partial charge is 0.253 e. The summed E-state index contributed by atoms with van der Waals surface area (Å²) in [5.41, 5.74) is 3.85. The van der Waals surface area contributed by atoms with Gasteiger partial charge in [0.1, 0.15) is 0 Å². The van der Waals surface area contributed by atoms with Gasteiger partial charge in [0.25, 0.3) is 5.91 Å². The molecule has 0 saturated heterocycles. The number of hydrogen-bond donors (Lipinski definition) is 0. The van der Waals surface area contributed by atoms with Crippen LogP contribution in [-0.2, 0) is 13.1 Å². The lowest BCUT2D eigenvalue weighted by atomic mass is 10.1. The molecule has 4 aromatic rings. The topological polar surface area (TPSA) is 43.1 Å². The highest BCUT2D eigenvalue weighted by molar-refractivity contribution is 5.98. The van der Waals surface area contributed by atoms with Crippen LogP contribution in [0.2, 0.25) is 0 Å². The van der Waals surface area contributed by atoms with E-state index >= 15 is 0 Å². The quantitative estimate of drug-likeness (QED) is 0.539. The van der Waals surface area contributed by atoms with Crippen molar-refractivity contribution in [2.75, 3.05) is 7.05 Å². The number of hydrogen-bond acceptors (Lipinski definition) is 2. The van der Waals surface area contributed by atoms with Crippen LogP contribution in [-0.4, -0.2) is 32.2 Å². The van der Waals surface area contributed by atoms with E-state index < -0.39 is 0 Å². The van der Waals surface area contributed by atoms with Crippen LogP contribution in [0, 0.1) is 0 Å². The Morgan fingerprint density at radius 1 is 1.11 bits per heavy atom. The van der Waals surface area contributed by atoms with Crippen molar-refractivity contribution in [1.82, 2.24) is 19.2 Å². The Morgan fingerprint density at radius 3 is 2.70 bits per heavy atom. The van der Waals surface area contributed by atoms with Gasteiger partial charge in [-0.15, -0.1) is 0 Å². The van der Waals surface area contributed by atoms with E-state index in [0.717, 1.165) is 28.7 Å². The van der Waals surface area contributed by atoms with Gasteiger partial charge < -0.3 is 9.47 Å². The van der Waals surface area contributed by atoms with Crippen LogP contribution in [0.25, 0.3) is 16.6 Å². The number of nitrogens with zero attached hydrogens (tertiary/aromatic N) is 4. The molecular formula is C22H22N4O. The predicted molar refractivity (Wildman–Crippen MR) is 107 cm³/mol. The molecule has 0 aliphatic heterocycles. The van der Waals surface area contributed by atoms with Gasteiger partial charge in [0.2, 0.25) is 0 Å². The third kappa shape index (κ3) is 3.36. The molecule has 2 heterocycles. The third-order valence-corrected chi connectivity index (χ3v) is 4.78. The molecule has 0 bridgehead atoms. The molecule has 0 N–H and O–H groups in total. The minimum absolute atomic E-state index is 0.00797. The molecule has 5 heteroatoms. The highest BCUT2D eigenvalue weighted by Gasteiger charge is 2.14. The predicted octanol–water partition coefficient (Wildman–Crippen LogP) is 4.12. The van der Waals surface area contributed by atoms with Crippen molar-refractivity contribution in [3.05, 3.63) is 84.3 Å². The van der Waals surface area contributed by atoms with Crippen molar-refractivity contribution < 1.29 is 4.79 Å². The van der Waals surface area contributed by atoms with Gasteiger partial charge in [0.05, 0.1) is 11.9 Å². The molecule has 0 atom stereocenters. The molecule has 0 aliphatic carbocycles. The van der Waals surface area contributed by atoms with Gasteiger partial charge in [-0.2, -0.15) is 5.10 Å². The maximum atomic E-state index is 12.8. The van der Waals surface area contributed by atoms with E-state index in [2.05, 4.69) is 28.9 Å². The first-order valence-electron chi connectivity index (χ1n) is 9.09. The van der Waals surface area contributed by atoms with E-state index in [4.69, 9.17) is 0 Å². The number of benzene rings is 2. The third-order valence-electron chi connectivity index (χ3n) is 4.78. The summed E-state index contributed by atoms with van der Waals surface area (Å²) in [6.07, 6.45) is 5.83. The summed E-state index contributed by atoms with van der Waals surface area (Å²) in [5, 5.41) is 5.49. The van der Waals surface area contributed by atoms with Crippen molar-refractivity contribution in [3.8, 4) is 5.69 Å². The molecule has 2 aromatic carbocycles. The monoisotopic (exact) mass is 358 g/mol. The molecule has 5 nitrogen and oxygen atoms in total. The molecule has 0 radical (unpaired) electrons. The Kier molecular flexibility index (Phi) is 4.50. The van der Waals surface area contributed by atoms with Crippen molar-refractivity contribution in [2.24, 2.45) is 0 Å². The number of para-hydroxylation sites is 1. The molecule has 27 heavy (non-hydrogen) atoms. The van der Waals surface area contributed by atoms with Gasteiger partial charge in [0, 0.05) is 54.6 Å². The summed E-state index contributed by atoms with van der Waals surface area (Å²) < 4.78 is 4.00. The number of rotatable bonds is 5. The lowest BCUT2D eigenvalue weighted by molar-refractivity contribution is 0.0785. The molecule has 2 aromatic heterocycles. The number of carbonyl (C=O) groups is 1. The van der Waals surface area contributed by atoms with Gasteiger partial charge in [-0.1, -0.05) is 18.2 Å². The minimum Gasteiger partial charge on any atom is -0.348 e. The summed E-state index contributed by atoms with van der Waals surface area (Å²) >= 11 is 0. The van der Waals surface area contributed by atoms with Crippen LogP contribution in [0.3, 0.4) is 0 Å². The Balaban J connectivity index is 1.50. The largest absolute Gasteiger partial charge is 0.348 e. The van der Waals surface area contributed by atoms with Crippen LogP contribution in [0.4, 0.5) is 0 Å². The van der Waals surface area contributed by atoms with Gasteiger partial charge in [-0.3, -0.25) is 4.79 Å². The van der Waals surface area contributed by atoms with E-state index in [-0.39, 0.29) is 5.91 Å². The maximum absolute atomic E-state index is 12.8. The van der Waals surface area contributed by atoms with Gasteiger partial charge >= 0.3 is 0 Å². The van der Waals surface area contributed by atoms with E-state index in [1.165, 1.54) is 0 Å². The number of aromatic nitrogens is 3. The molecule has 0 fully saturated rings. The molecule has 0 aliphatic rings. The maximum Gasteiger partial charge on any atom is 0.253 e. The zero-order valence-corrected chi connectivity index (χ0v) is 15.5. The Bertz CT molecular complexity index is 1080. The molecule has 0 spiro atoms. The second-order valence-electron chi connectivity index (χ2n) is 6.67. The first-order valence-corrected chi connectivity index (χ1v) is 9.09. The molecule has 1 amide bonds. The highest BCUT2D eigenvalue weighted by atomic mass is 16.2. The van der Waals surface area contributed by atoms with Gasteiger partial charge in [-0.05, 0) is 43.3 Å². The molecule has 4 rings (SSSR count). The minimum atomic E-state index is 0.00797. The Labute approximate surface area is 158 Å². The highest BCUT2D eigenvalue weighted by Crippen LogP contribution is 2.19. The molecular weight excluding hydrogens is 336 g/mol. The summed E-state index contributed by atoms with van der Waals surface area (Å²) in [4.78, 5) is 14.6. The summed E-state index contributed by atoms with van der Waals surface area (Å²) in [7, 11) is 1.82. The molecule has 0 saturated carbocycles. The Hall–Kier alpha value is -3.34. The number of amides is 1. The fourth-order valence-corrected chi connectivity index (χ4v) is 3.34. The first-order chi connectivity index (χ1) is 13.2. The van der Waals surface area contributed by atoms with Crippen molar-refractivity contribution >= 4 is 16.8 Å². The van der Waals surface area contributed by atoms with Crippen LogP contribution >= 0.6 is 0 Å². The van der Waals surface area contributed by atoms with Gasteiger partial charge in [-0.25, -0.2) is 4.68 Å². The zero-order valence-electron chi connectivity index (χ0n) is 15.5. The number of fused-ring (bicyclic) bond motifs is 1. The first kappa shape index (κ1) is 17.1. The lowest BCUT2D eigenvalue weighted by Gasteiger charge is -2.16. The normalized spacial score (nSPS) is 11.0. The Morgan fingerprint density at radius 2 is 1.93 bits per heavy atom. The van der Waals surface area contributed by atoms with E-state index in [1.807, 2.05) is 66.5 Å². The van der Waals surface area contributed by atoms with E-state index in [0.29, 0.717) is 12.1 Å². The second kappa shape index (κ2) is 7.11. The second-order valence-corrected chi connectivity index (χ2v) is 6.67. The zero-order chi connectivity index (χ0) is 18.8. The SMILES string of the molecule is CCn1ccc2cc(C(=O)N(C)Cc3cnn(-c4ccccc4)c3)ccc21. The van der Waals surface area contributed by atoms with Crippen LogP contribution in [0.1, 0.15) is 22.8 Å². The van der Waals surface area contributed by atoms with Gasteiger partial charge in [0.15, 0.2) is 0 Å². The van der Waals surface area contributed by atoms with Crippen LogP contribution in [0.15, 0.2) is 73.2 Å². The van der Waals surface area contributed by atoms with E-state index in [1.54, 1.807) is 11.1 Å². The van der Waals surface area contributed by atoms with Crippen LogP contribution < -0.4 is 0 Å². The van der Waals surface area contributed by atoms with Crippen molar-refractivity contribution in [1.29, 1.82) is 0 Å². The van der Waals surface area contributed by atoms with E-state index in [9.17, 15) is 4.79 Å². The summed E-state index contributed by atoms with van der Waals surface area (Å²) in [6.45, 7) is 3.55. The lowest BCUT2D eigenvalue weighted by Crippen LogP contribution is -2.26. The van der Waals surface area contributed by atoms with Crippen molar-refractivity contribution in [2.45, 2.75) is 20.0 Å². The molecule has 0 unspecified atom stereocenters. The standard InChI is InChI=1S/C22H22N4O/c1-3-25-12-11-18-13-19(9-10-21(18)25)22(27)24(2)15-17-14-23-26(16-17)20-7-5-4-6-8-20/h4-14,16H,3,15H2,1-2H3.